The maximum absolute atomic E-state index is 2.52. The second-order valence-electron chi connectivity index (χ2n) is 14.9. The van der Waals surface area contributed by atoms with E-state index in [9.17, 15) is 0 Å². The Morgan fingerprint density at radius 3 is 1.91 bits per heavy atom. The summed E-state index contributed by atoms with van der Waals surface area (Å²) in [5, 5.41) is 10.1. The van der Waals surface area contributed by atoms with E-state index in [1.165, 1.54) is 87.5 Å². The van der Waals surface area contributed by atoms with Crippen molar-refractivity contribution in [3.8, 4) is 39.1 Å². The van der Waals surface area contributed by atoms with Gasteiger partial charge in [-0.3, -0.25) is 0 Å². The topological polar surface area (TPSA) is 8.17 Å². The maximum atomic E-state index is 2.52. The number of fused-ring (bicyclic) bond motifs is 9. The second-order valence-corrected chi connectivity index (χ2v) is 14.9. The molecule has 0 radical (unpaired) electrons. The largest absolute Gasteiger partial charge is 0.309 e. The van der Waals surface area contributed by atoms with Crippen molar-refractivity contribution >= 4 is 71.2 Å². The number of hydrogen-bond donors (Lipinski definition) is 0. The van der Waals surface area contributed by atoms with E-state index in [1.807, 2.05) is 0 Å². The molecule has 56 heavy (non-hydrogen) atoms. The highest BCUT2D eigenvalue weighted by Crippen LogP contribution is 2.56. The van der Waals surface area contributed by atoms with Crippen LogP contribution in [0.25, 0.3) is 93.2 Å². The lowest BCUT2D eigenvalue weighted by atomic mass is 9.94. The zero-order valence-corrected chi connectivity index (χ0v) is 30.5. The lowest BCUT2D eigenvalue weighted by Crippen LogP contribution is -2.12. The normalized spacial score (nSPS) is 11.9. The van der Waals surface area contributed by atoms with E-state index in [4.69, 9.17) is 0 Å². The Labute approximate surface area is 324 Å². The van der Waals surface area contributed by atoms with Gasteiger partial charge in [0.05, 0.1) is 22.4 Å². The summed E-state index contributed by atoms with van der Waals surface area (Å²) in [7, 11) is 0. The smallest absolute Gasteiger partial charge is 0.0547 e. The van der Waals surface area contributed by atoms with Crippen molar-refractivity contribution in [3.63, 3.8) is 0 Å². The van der Waals surface area contributed by atoms with E-state index in [2.05, 4.69) is 216 Å². The van der Waals surface area contributed by atoms with E-state index in [-0.39, 0.29) is 0 Å². The van der Waals surface area contributed by atoms with Crippen molar-refractivity contribution in [1.82, 2.24) is 4.57 Å². The summed E-state index contributed by atoms with van der Waals surface area (Å²) in [6, 6.07) is 75.8. The van der Waals surface area contributed by atoms with Crippen LogP contribution in [0.2, 0.25) is 0 Å². The monoisotopic (exact) mass is 710 g/mol. The Morgan fingerprint density at radius 1 is 0.339 bits per heavy atom. The Morgan fingerprint density at radius 2 is 1.00 bits per heavy atom. The first-order valence-corrected chi connectivity index (χ1v) is 19.4. The lowest BCUT2D eigenvalue weighted by molar-refractivity contribution is 1.18. The highest BCUT2D eigenvalue weighted by atomic mass is 15.1. The minimum Gasteiger partial charge on any atom is -0.309 e. The molecule has 0 spiro atoms. The molecule has 1 aliphatic rings. The van der Waals surface area contributed by atoms with Gasteiger partial charge in [-0.15, -0.1) is 0 Å². The fourth-order valence-corrected chi connectivity index (χ4v) is 9.45. The quantitative estimate of drug-likeness (QED) is 0.161. The zero-order valence-electron chi connectivity index (χ0n) is 30.5. The molecule has 10 aromatic carbocycles. The number of para-hydroxylation sites is 2. The SMILES string of the molecule is c1ccc(-c2ccccc2N(c2ccc3c(c2)c2ccccc2n3-c2ccc3ccccc3c2)c2cccc3c2-c2c4ccccc4cc4cccc-3c24)cc1. The van der Waals surface area contributed by atoms with Crippen molar-refractivity contribution in [2.45, 2.75) is 0 Å². The van der Waals surface area contributed by atoms with Crippen molar-refractivity contribution < 1.29 is 0 Å². The summed E-state index contributed by atoms with van der Waals surface area (Å²) >= 11 is 0. The predicted octanol–water partition coefficient (Wildman–Crippen LogP) is 15.0. The molecule has 0 amide bonds. The first kappa shape index (κ1) is 31.0. The van der Waals surface area contributed by atoms with Crippen LogP contribution in [0.15, 0.2) is 206 Å². The third kappa shape index (κ3) is 4.50. The van der Waals surface area contributed by atoms with Crippen LogP contribution < -0.4 is 4.90 Å². The van der Waals surface area contributed by atoms with Crippen LogP contribution >= 0.6 is 0 Å². The minimum absolute atomic E-state index is 1.11. The fourth-order valence-electron chi connectivity index (χ4n) is 9.45. The Balaban J connectivity index is 1.16. The molecule has 1 heterocycles. The first-order chi connectivity index (χ1) is 27.8. The number of anilines is 3. The van der Waals surface area contributed by atoms with Gasteiger partial charge in [0.15, 0.2) is 0 Å². The van der Waals surface area contributed by atoms with E-state index < -0.39 is 0 Å². The molecule has 0 atom stereocenters. The molecule has 2 nitrogen and oxygen atoms in total. The van der Waals surface area contributed by atoms with Gasteiger partial charge in [0.2, 0.25) is 0 Å². The van der Waals surface area contributed by atoms with Crippen molar-refractivity contribution in [1.29, 1.82) is 0 Å². The summed E-state index contributed by atoms with van der Waals surface area (Å²) in [5.41, 5.74) is 14.5. The van der Waals surface area contributed by atoms with Crippen LogP contribution in [0, 0.1) is 0 Å². The van der Waals surface area contributed by atoms with Gasteiger partial charge in [-0.25, -0.2) is 0 Å². The molecule has 0 aliphatic heterocycles. The molecular formula is C54H34N2. The number of benzene rings is 10. The summed E-state index contributed by atoms with van der Waals surface area (Å²) in [6.07, 6.45) is 0. The van der Waals surface area contributed by atoms with Gasteiger partial charge in [-0.05, 0) is 104 Å². The maximum Gasteiger partial charge on any atom is 0.0547 e. The second kappa shape index (κ2) is 12.0. The molecule has 0 bridgehead atoms. The fraction of sp³-hybridized carbons (Fsp3) is 0. The Hall–Kier alpha value is -7.42. The lowest BCUT2D eigenvalue weighted by Gasteiger charge is -2.30. The van der Waals surface area contributed by atoms with Gasteiger partial charge in [0.25, 0.3) is 0 Å². The Bertz CT molecular complexity index is 3370. The summed E-state index contributed by atoms with van der Waals surface area (Å²) in [4.78, 5) is 2.52. The summed E-state index contributed by atoms with van der Waals surface area (Å²) in [5.74, 6) is 0. The molecule has 260 valence electrons. The van der Waals surface area contributed by atoms with Gasteiger partial charge in [0.1, 0.15) is 0 Å². The van der Waals surface area contributed by atoms with E-state index >= 15 is 0 Å². The Kier molecular flexibility index (Phi) is 6.66. The summed E-state index contributed by atoms with van der Waals surface area (Å²) < 4.78 is 2.42. The van der Waals surface area contributed by atoms with Gasteiger partial charge in [0, 0.05) is 38.8 Å². The van der Waals surface area contributed by atoms with Crippen LogP contribution in [0.3, 0.4) is 0 Å². The van der Waals surface area contributed by atoms with Crippen molar-refractivity contribution in [2.75, 3.05) is 4.90 Å². The average molecular weight is 711 g/mol. The van der Waals surface area contributed by atoms with Gasteiger partial charge in [-0.1, -0.05) is 152 Å². The minimum atomic E-state index is 1.11. The highest BCUT2D eigenvalue weighted by Gasteiger charge is 2.30. The third-order valence-corrected chi connectivity index (χ3v) is 11.8. The standard InChI is InChI=1S/C54H34N2/c1-2-15-36(16-3-1)42-20-8-10-25-48(42)56(51-27-13-24-46-45-23-12-19-39-32-38-18-6-7-21-43(38)54(52(39)45)53(46)51)41-30-31-50-47(34-41)44-22-9-11-26-49(44)55(50)40-29-28-35-14-4-5-17-37(35)33-40/h1-34H. The average Bonchev–Trinajstić information content (AvgIpc) is 3.79. The molecular weight excluding hydrogens is 677 g/mol. The zero-order chi connectivity index (χ0) is 36.7. The molecule has 12 rings (SSSR count). The number of hydrogen-bond acceptors (Lipinski definition) is 1. The van der Waals surface area contributed by atoms with E-state index in [0.29, 0.717) is 0 Å². The molecule has 0 N–H and O–H groups in total. The molecule has 0 unspecified atom stereocenters. The molecule has 1 aliphatic carbocycles. The van der Waals surface area contributed by atoms with Gasteiger partial charge in [-0.2, -0.15) is 0 Å². The highest BCUT2D eigenvalue weighted by molar-refractivity contribution is 6.26. The predicted molar refractivity (Wildman–Crippen MR) is 238 cm³/mol. The van der Waals surface area contributed by atoms with Crippen molar-refractivity contribution in [3.05, 3.63) is 206 Å². The molecule has 0 saturated heterocycles. The van der Waals surface area contributed by atoms with E-state index in [0.717, 1.165) is 22.7 Å². The molecule has 0 saturated carbocycles. The van der Waals surface area contributed by atoms with Crippen molar-refractivity contribution in [2.24, 2.45) is 0 Å². The molecule has 2 heteroatoms. The van der Waals surface area contributed by atoms with Crippen LogP contribution in [0.5, 0.6) is 0 Å². The third-order valence-electron chi connectivity index (χ3n) is 11.8. The number of aromatic nitrogens is 1. The van der Waals surface area contributed by atoms with Gasteiger partial charge < -0.3 is 9.47 Å². The number of nitrogens with zero attached hydrogens (tertiary/aromatic N) is 2. The van der Waals surface area contributed by atoms with Crippen LogP contribution in [-0.2, 0) is 0 Å². The molecule has 11 aromatic rings. The molecule has 0 fully saturated rings. The van der Waals surface area contributed by atoms with Crippen LogP contribution in [0.1, 0.15) is 0 Å². The van der Waals surface area contributed by atoms with Gasteiger partial charge >= 0.3 is 0 Å². The number of rotatable bonds is 5. The summed E-state index contributed by atoms with van der Waals surface area (Å²) in [6.45, 7) is 0. The van der Waals surface area contributed by atoms with Crippen LogP contribution in [0.4, 0.5) is 17.1 Å². The van der Waals surface area contributed by atoms with Crippen LogP contribution in [-0.4, -0.2) is 4.57 Å². The van der Waals surface area contributed by atoms with E-state index in [1.54, 1.807) is 0 Å². The first-order valence-electron chi connectivity index (χ1n) is 19.4. The molecule has 1 aromatic heterocycles.